The molecule has 0 saturated carbocycles. The molecule has 1 aliphatic rings. The van der Waals surface area contributed by atoms with Gasteiger partial charge in [0.25, 0.3) is 0 Å². The molecule has 7 heteroatoms. The Morgan fingerprint density at radius 1 is 1.53 bits per heavy atom. The molecule has 0 aromatic rings. The van der Waals surface area contributed by atoms with Gasteiger partial charge in [-0.3, -0.25) is 4.79 Å². The van der Waals surface area contributed by atoms with Crippen molar-refractivity contribution >= 4 is 27.5 Å². The predicted octanol–water partition coefficient (Wildman–Crippen LogP) is 0.482. The summed E-state index contributed by atoms with van der Waals surface area (Å²) in [7, 11) is -3.31. The van der Waals surface area contributed by atoms with Crippen molar-refractivity contribution < 1.29 is 13.2 Å². The highest BCUT2D eigenvalue weighted by atomic mass is 32.2. The van der Waals surface area contributed by atoms with E-state index in [0.29, 0.717) is 18.1 Å². The second-order valence-electron chi connectivity index (χ2n) is 4.59. The van der Waals surface area contributed by atoms with Crippen molar-refractivity contribution in [1.82, 2.24) is 4.90 Å². The fourth-order valence-electron chi connectivity index (χ4n) is 1.57. The molecule has 1 aliphatic heterocycles. The summed E-state index contributed by atoms with van der Waals surface area (Å²) in [5, 5.41) is 8.13. The fraction of sp³-hybridized carbons (Fsp3) is 0.800. The molecule has 5 nitrogen and oxygen atoms in total. The van der Waals surface area contributed by atoms with Gasteiger partial charge in [-0.25, -0.2) is 8.42 Å². The predicted molar refractivity (Wildman–Crippen MR) is 67.1 cm³/mol. The van der Waals surface area contributed by atoms with Crippen LogP contribution in [0.15, 0.2) is 0 Å². The average molecular weight is 276 g/mol. The smallest absolute Gasteiger partial charge is 0.243 e. The monoisotopic (exact) mass is 276 g/mol. The second-order valence-corrected chi connectivity index (χ2v) is 7.95. The zero-order chi connectivity index (χ0) is 13.3. The summed E-state index contributed by atoms with van der Waals surface area (Å²) < 4.78 is 23.3. The lowest BCUT2D eigenvalue weighted by atomic mass is 9.94. The minimum atomic E-state index is -3.31. The number of nitriles is 1. The summed E-state index contributed by atoms with van der Waals surface area (Å²) in [5.74, 6) is 0.682. The van der Waals surface area contributed by atoms with Crippen molar-refractivity contribution in [2.45, 2.75) is 19.2 Å². The van der Waals surface area contributed by atoms with Gasteiger partial charge in [0.2, 0.25) is 5.91 Å². The highest BCUT2D eigenvalue weighted by Gasteiger charge is 2.40. The second kappa shape index (κ2) is 4.86. The third kappa shape index (κ3) is 3.13. The van der Waals surface area contributed by atoms with Crippen LogP contribution in [-0.4, -0.2) is 48.9 Å². The summed E-state index contributed by atoms with van der Waals surface area (Å²) in [6, 6.07) is 1.92. The Morgan fingerprint density at radius 2 is 2.12 bits per heavy atom. The van der Waals surface area contributed by atoms with Crippen LogP contribution in [0.4, 0.5) is 0 Å². The van der Waals surface area contributed by atoms with Crippen LogP contribution in [0.3, 0.4) is 0 Å². The van der Waals surface area contributed by atoms with Crippen molar-refractivity contribution in [3.63, 3.8) is 0 Å². The van der Waals surface area contributed by atoms with Crippen LogP contribution in [0.25, 0.3) is 0 Å². The first-order valence-corrected chi connectivity index (χ1v) is 8.30. The third-order valence-corrected chi connectivity index (χ3v) is 5.30. The van der Waals surface area contributed by atoms with Crippen molar-refractivity contribution in [3.05, 3.63) is 0 Å². The lowest BCUT2D eigenvalue weighted by molar-refractivity contribution is -0.138. The van der Waals surface area contributed by atoms with Crippen LogP contribution in [0.1, 0.15) is 13.8 Å². The maximum atomic E-state index is 12.1. The van der Waals surface area contributed by atoms with E-state index in [1.807, 2.05) is 6.07 Å². The molecule has 1 rings (SSSR count). The number of nitrogens with zero attached hydrogens (tertiary/aromatic N) is 2. The first kappa shape index (κ1) is 14.3. The maximum absolute atomic E-state index is 12.1. The number of sulfone groups is 1. The van der Waals surface area contributed by atoms with Crippen LogP contribution < -0.4 is 0 Å². The minimum absolute atomic E-state index is 0.381. The maximum Gasteiger partial charge on any atom is 0.243 e. The van der Waals surface area contributed by atoms with Gasteiger partial charge in [-0.2, -0.15) is 17.0 Å². The third-order valence-electron chi connectivity index (χ3n) is 2.65. The SMILES string of the molecule is CC(C)(C#N)C(=O)N1CCSCC1S(C)(=O)=O. The van der Waals surface area contributed by atoms with E-state index < -0.39 is 26.5 Å². The van der Waals surface area contributed by atoms with Crippen LogP contribution in [0.2, 0.25) is 0 Å². The van der Waals surface area contributed by atoms with E-state index in [-0.39, 0.29) is 0 Å². The van der Waals surface area contributed by atoms with Gasteiger partial charge >= 0.3 is 0 Å². The first-order chi connectivity index (χ1) is 7.70. The molecular formula is C10H16N2O3S2. The van der Waals surface area contributed by atoms with Crippen molar-refractivity contribution in [2.24, 2.45) is 5.41 Å². The Labute approximate surface area is 106 Å². The number of carbonyl (C=O) groups is 1. The molecule has 17 heavy (non-hydrogen) atoms. The summed E-state index contributed by atoms with van der Waals surface area (Å²) >= 11 is 1.51. The molecule has 0 bridgehead atoms. The molecule has 0 radical (unpaired) electrons. The largest absolute Gasteiger partial charge is 0.323 e. The van der Waals surface area contributed by atoms with Gasteiger partial charge in [-0.15, -0.1) is 0 Å². The molecule has 1 atom stereocenters. The quantitative estimate of drug-likeness (QED) is 0.733. The van der Waals surface area contributed by atoms with Gasteiger partial charge < -0.3 is 4.90 Å². The molecular weight excluding hydrogens is 260 g/mol. The molecule has 1 amide bonds. The van der Waals surface area contributed by atoms with E-state index in [9.17, 15) is 13.2 Å². The van der Waals surface area contributed by atoms with Gasteiger partial charge in [0, 0.05) is 24.3 Å². The molecule has 0 N–H and O–H groups in total. The fourth-order valence-corrected chi connectivity index (χ4v) is 4.39. The molecule has 0 aromatic heterocycles. The minimum Gasteiger partial charge on any atom is -0.323 e. The number of carbonyl (C=O) groups excluding carboxylic acids is 1. The van der Waals surface area contributed by atoms with E-state index in [1.54, 1.807) is 0 Å². The van der Waals surface area contributed by atoms with Gasteiger partial charge in [0.05, 0.1) is 6.07 Å². The number of rotatable bonds is 2. The standard InChI is InChI=1S/C10H16N2O3S2/c1-10(2,7-11)9(13)12-4-5-16-6-8(12)17(3,14)15/h8H,4-6H2,1-3H3. The van der Waals surface area contributed by atoms with Crippen LogP contribution in [-0.2, 0) is 14.6 Å². The zero-order valence-electron chi connectivity index (χ0n) is 10.1. The molecule has 0 spiro atoms. The highest BCUT2D eigenvalue weighted by molar-refractivity contribution is 8.00. The Hall–Kier alpha value is -0.740. The van der Waals surface area contributed by atoms with Crippen LogP contribution >= 0.6 is 11.8 Å². The van der Waals surface area contributed by atoms with Gasteiger partial charge in [-0.1, -0.05) is 0 Å². The van der Waals surface area contributed by atoms with E-state index in [2.05, 4.69) is 0 Å². The summed E-state index contributed by atoms with van der Waals surface area (Å²) in [6.45, 7) is 3.40. The van der Waals surface area contributed by atoms with Gasteiger partial charge in [-0.05, 0) is 13.8 Å². The summed E-state index contributed by atoms with van der Waals surface area (Å²) in [6.07, 6.45) is 1.13. The highest BCUT2D eigenvalue weighted by Crippen LogP contribution is 2.26. The van der Waals surface area contributed by atoms with Crippen LogP contribution in [0, 0.1) is 16.7 Å². The number of hydrogen-bond donors (Lipinski definition) is 0. The van der Waals surface area contributed by atoms with Crippen molar-refractivity contribution in [2.75, 3.05) is 24.3 Å². The summed E-state index contributed by atoms with van der Waals surface area (Å²) in [5.41, 5.74) is -1.18. The number of thioether (sulfide) groups is 1. The average Bonchev–Trinajstić information content (AvgIpc) is 2.27. The van der Waals surface area contributed by atoms with E-state index >= 15 is 0 Å². The van der Waals surface area contributed by atoms with Gasteiger partial charge in [0.1, 0.15) is 10.8 Å². The Kier molecular flexibility index (Phi) is 4.10. The number of hydrogen-bond acceptors (Lipinski definition) is 5. The molecule has 96 valence electrons. The topological polar surface area (TPSA) is 78.2 Å². The molecule has 0 aliphatic carbocycles. The molecule has 1 saturated heterocycles. The van der Waals surface area contributed by atoms with Crippen LogP contribution in [0.5, 0.6) is 0 Å². The van der Waals surface area contributed by atoms with Gasteiger partial charge in [0.15, 0.2) is 9.84 Å². The lowest BCUT2D eigenvalue weighted by Gasteiger charge is -2.36. The normalized spacial score (nSPS) is 22.0. The summed E-state index contributed by atoms with van der Waals surface area (Å²) in [4.78, 5) is 13.5. The Balaban J connectivity index is 3.03. The van der Waals surface area contributed by atoms with E-state index in [1.165, 1.54) is 30.5 Å². The Morgan fingerprint density at radius 3 is 2.59 bits per heavy atom. The Bertz CT molecular complexity index is 451. The molecule has 1 heterocycles. The number of amides is 1. The van der Waals surface area contributed by atoms with E-state index in [4.69, 9.17) is 5.26 Å². The van der Waals surface area contributed by atoms with E-state index in [0.717, 1.165) is 6.26 Å². The molecule has 0 aromatic carbocycles. The molecule has 1 unspecified atom stereocenters. The zero-order valence-corrected chi connectivity index (χ0v) is 11.8. The first-order valence-electron chi connectivity index (χ1n) is 5.19. The van der Waals surface area contributed by atoms with Crippen molar-refractivity contribution in [1.29, 1.82) is 5.26 Å². The molecule has 1 fully saturated rings. The van der Waals surface area contributed by atoms with Crippen molar-refractivity contribution in [3.8, 4) is 6.07 Å². The lowest BCUT2D eigenvalue weighted by Crippen LogP contribution is -2.53.